The van der Waals surface area contributed by atoms with Crippen LogP contribution in [-0.4, -0.2) is 19.9 Å². The summed E-state index contributed by atoms with van der Waals surface area (Å²) in [5.74, 6) is 0. The summed E-state index contributed by atoms with van der Waals surface area (Å²) in [6.07, 6.45) is 7.55. The number of thioether (sulfide) groups is 1. The molecule has 5 heteroatoms. The number of hydrogen-bond donors (Lipinski definition) is 1. The van der Waals surface area contributed by atoms with Gasteiger partial charge in [-0.2, -0.15) is 0 Å². The molecule has 3 aromatic rings. The van der Waals surface area contributed by atoms with E-state index in [1.54, 1.807) is 18.0 Å². The van der Waals surface area contributed by atoms with E-state index in [0.29, 0.717) is 0 Å². The Hall–Kier alpha value is -2.84. The van der Waals surface area contributed by atoms with Crippen molar-refractivity contribution >= 4 is 22.9 Å². The highest BCUT2D eigenvalue weighted by atomic mass is 32.2. The fourth-order valence-electron chi connectivity index (χ4n) is 2.46. The van der Waals surface area contributed by atoms with Crippen LogP contribution in [0.25, 0.3) is 22.4 Å². The van der Waals surface area contributed by atoms with Crippen LogP contribution in [0.15, 0.2) is 69.7 Å². The van der Waals surface area contributed by atoms with E-state index >= 15 is 0 Å². The number of H-pyrrole nitrogens is 1. The summed E-state index contributed by atoms with van der Waals surface area (Å²) in [6.45, 7) is 4.00. The number of nitrogens with zero attached hydrogens (tertiary/aromatic N) is 3. The van der Waals surface area contributed by atoms with Gasteiger partial charge in [-0.1, -0.05) is 29.3 Å². The smallest absolute Gasteiger partial charge is 0.156 e. The van der Waals surface area contributed by atoms with E-state index in [9.17, 15) is 0 Å². The van der Waals surface area contributed by atoms with Crippen molar-refractivity contribution in [1.82, 2.24) is 19.9 Å². The van der Waals surface area contributed by atoms with Crippen LogP contribution in [0, 0.1) is 6.92 Å². The molecule has 116 valence electrons. The van der Waals surface area contributed by atoms with Crippen LogP contribution in [0.2, 0.25) is 0 Å². The maximum Gasteiger partial charge on any atom is 0.156 e. The lowest BCUT2D eigenvalue weighted by Crippen LogP contribution is -1.89. The summed E-state index contributed by atoms with van der Waals surface area (Å²) in [5, 5.41) is 0.935. The molecule has 0 saturated carbocycles. The Kier molecular flexibility index (Phi) is 3.68. The molecule has 0 spiro atoms. The van der Waals surface area contributed by atoms with Gasteiger partial charge in [0.05, 0.1) is 17.6 Å². The van der Waals surface area contributed by atoms with E-state index in [2.05, 4.69) is 33.3 Å². The average molecular weight is 330 g/mol. The Bertz CT molecular complexity index is 1080. The lowest BCUT2D eigenvalue weighted by atomic mass is 10.2. The Labute approximate surface area is 143 Å². The van der Waals surface area contributed by atoms with Gasteiger partial charge in [-0.15, -0.1) is 0 Å². The standard InChI is InChI=1S/C19H14N4S/c1-12-6-3-4-8-16(12)24-17-9-5-7-15(23-17)14-11-21-19-18(14)22-13(2)10-20-19/h5-11H,1-2H3,(H,20,21). The molecule has 3 aromatic heterocycles. The predicted molar refractivity (Wildman–Crippen MR) is 96.6 cm³/mol. The van der Waals surface area contributed by atoms with E-state index in [1.165, 1.54) is 5.57 Å². The highest BCUT2D eigenvalue weighted by molar-refractivity contribution is 8.03. The van der Waals surface area contributed by atoms with Crippen molar-refractivity contribution in [3.63, 3.8) is 0 Å². The number of hydrogen-bond acceptors (Lipinski definition) is 4. The highest BCUT2D eigenvalue weighted by Gasteiger charge is 2.11. The highest BCUT2D eigenvalue weighted by Crippen LogP contribution is 2.32. The maximum atomic E-state index is 4.78. The Balaban J connectivity index is 1.73. The molecule has 4 nitrogen and oxygen atoms in total. The third-order valence-electron chi connectivity index (χ3n) is 3.68. The van der Waals surface area contributed by atoms with E-state index in [-0.39, 0.29) is 0 Å². The molecule has 0 unspecified atom stereocenters. The summed E-state index contributed by atoms with van der Waals surface area (Å²) in [7, 11) is 0. The minimum atomic E-state index is 0.777. The van der Waals surface area contributed by atoms with Gasteiger partial charge in [0.2, 0.25) is 0 Å². The van der Waals surface area contributed by atoms with Gasteiger partial charge < -0.3 is 4.98 Å². The van der Waals surface area contributed by atoms with Crippen molar-refractivity contribution in [3.8, 4) is 11.3 Å². The summed E-state index contributed by atoms with van der Waals surface area (Å²) in [6, 6.07) is 6.02. The zero-order valence-corrected chi connectivity index (χ0v) is 14.1. The number of aromatic amines is 1. The van der Waals surface area contributed by atoms with Crippen molar-refractivity contribution in [2.45, 2.75) is 18.9 Å². The predicted octanol–water partition coefficient (Wildman–Crippen LogP) is 4.57. The largest absolute Gasteiger partial charge is 0.344 e. The summed E-state index contributed by atoms with van der Waals surface area (Å²) in [4.78, 5) is 18.0. The van der Waals surface area contributed by atoms with Crippen molar-refractivity contribution in [1.29, 1.82) is 0 Å². The molecule has 0 amide bonds. The molecule has 1 aliphatic carbocycles. The molecule has 0 bridgehead atoms. The summed E-state index contributed by atoms with van der Waals surface area (Å²) < 4.78 is 0. The molecule has 1 N–H and O–H groups in total. The lowest BCUT2D eigenvalue weighted by Gasteiger charge is -2.06. The quantitative estimate of drug-likeness (QED) is 0.715. The summed E-state index contributed by atoms with van der Waals surface area (Å²) >= 11 is 1.63. The molecule has 4 rings (SSSR count). The van der Waals surface area contributed by atoms with Crippen molar-refractivity contribution in [2.75, 3.05) is 0 Å². The third kappa shape index (κ3) is 2.72. The summed E-state index contributed by atoms with van der Waals surface area (Å²) in [5.41, 5.74) is 11.5. The van der Waals surface area contributed by atoms with Crippen molar-refractivity contribution in [2.24, 2.45) is 0 Å². The van der Waals surface area contributed by atoms with Crippen LogP contribution < -0.4 is 0 Å². The molecule has 0 aromatic carbocycles. The van der Waals surface area contributed by atoms with Crippen LogP contribution in [0.1, 0.15) is 12.6 Å². The van der Waals surface area contributed by atoms with Gasteiger partial charge in [-0.3, -0.25) is 0 Å². The molecule has 0 saturated heterocycles. The minimum absolute atomic E-state index is 0.777. The number of rotatable bonds is 3. The molecular weight excluding hydrogens is 316 g/mol. The second kappa shape index (κ2) is 5.99. The molecule has 0 radical (unpaired) electrons. The van der Waals surface area contributed by atoms with E-state index in [1.807, 2.05) is 43.5 Å². The number of allylic oxidation sites excluding steroid dienone is 3. The molecule has 1 aliphatic rings. The van der Waals surface area contributed by atoms with Gasteiger partial charge >= 0.3 is 0 Å². The lowest BCUT2D eigenvalue weighted by molar-refractivity contribution is 1.14. The first-order valence-electron chi connectivity index (χ1n) is 7.55. The molecule has 0 aliphatic heterocycles. The first-order chi connectivity index (χ1) is 11.7. The normalized spacial score (nSPS) is 13.2. The van der Waals surface area contributed by atoms with Gasteiger partial charge in [0.1, 0.15) is 10.5 Å². The van der Waals surface area contributed by atoms with Gasteiger partial charge in [-0.25, -0.2) is 15.0 Å². The molecule has 0 fully saturated rings. The van der Waals surface area contributed by atoms with Crippen LogP contribution in [0.4, 0.5) is 0 Å². The second-order valence-electron chi connectivity index (χ2n) is 5.50. The van der Waals surface area contributed by atoms with Crippen LogP contribution in [0.3, 0.4) is 0 Å². The van der Waals surface area contributed by atoms with Gasteiger partial charge in [0.25, 0.3) is 0 Å². The number of aryl methyl sites for hydroxylation is 1. The van der Waals surface area contributed by atoms with Gasteiger partial charge in [-0.05, 0) is 37.6 Å². The third-order valence-corrected chi connectivity index (χ3v) is 4.78. The van der Waals surface area contributed by atoms with E-state index in [0.717, 1.165) is 38.0 Å². The fourth-order valence-corrected chi connectivity index (χ4v) is 3.31. The van der Waals surface area contributed by atoms with Crippen molar-refractivity contribution in [3.05, 3.63) is 70.4 Å². The number of fused-ring (bicyclic) bond motifs is 1. The molecule has 24 heavy (non-hydrogen) atoms. The van der Waals surface area contributed by atoms with Crippen molar-refractivity contribution < 1.29 is 0 Å². The second-order valence-corrected chi connectivity index (χ2v) is 6.56. The maximum absolute atomic E-state index is 4.78. The van der Waals surface area contributed by atoms with E-state index in [4.69, 9.17) is 4.98 Å². The van der Waals surface area contributed by atoms with Crippen LogP contribution in [0.5, 0.6) is 0 Å². The Morgan fingerprint density at radius 1 is 1.08 bits per heavy atom. The minimum Gasteiger partial charge on any atom is -0.344 e. The average Bonchev–Trinajstić information content (AvgIpc) is 3.00. The molecule has 0 atom stereocenters. The molecule has 3 heterocycles. The van der Waals surface area contributed by atoms with Crippen LogP contribution >= 0.6 is 11.8 Å². The van der Waals surface area contributed by atoms with E-state index < -0.39 is 0 Å². The van der Waals surface area contributed by atoms with Gasteiger partial charge in [0.15, 0.2) is 5.65 Å². The number of nitrogens with one attached hydrogen (secondary N) is 1. The zero-order chi connectivity index (χ0) is 16.5. The van der Waals surface area contributed by atoms with Crippen LogP contribution in [-0.2, 0) is 0 Å². The Morgan fingerprint density at radius 2 is 1.96 bits per heavy atom. The SMILES string of the molecule is CC1=C(Sc2cccc(-c3c[nH]c4ncc(C)nc34)n2)C=C=C=C1. The number of pyridine rings is 1. The zero-order valence-electron chi connectivity index (χ0n) is 13.3. The first kappa shape index (κ1) is 14.7. The van der Waals surface area contributed by atoms with Gasteiger partial charge in [0, 0.05) is 22.7 Å². The number of aromatic nitrogens is 4. The first-order valence-corrected chi connectivity index (χ1v) is 8.37. The monoisotopic (exact) mass is 330 g/mol. The topological polar surface area (TPSA) is 54.5 Å². The molecular formula is C19H14N4S. The Morgan fingerprint density at radius 3 is 2.83 bits per heavy atom. The fraction of sp³-hybridized carbons (Fsp3) is 0.105.